The van der Waals surface area contributed by atoms with Crippen molar-refractivity contribution in [2.45, 2.75) is 26.2 Å². The van der Waals surface area contributed by atoms with Crippen LogP contribution in [0.4, 0.5) is 5.00 Å². The fraction of sp³-hybridized carbons (Fsp3) is 0.273. The molecule has 1 saturated carbocycles. The van der Waals surface area contributed by atoms with Gasteiger partial charge in [0, 0.05) is 35.8 Å². The van der Waals surface area contributed by atoms with E-state index in [1.807, 2.05) is 48.3 Å². The number of pyridine rings is 1. The second-order valence-electron chi connectivity index (χ2n) is 7.44. The molecule has 0 aliphatic heterocycles. The number of amides is 1. The number of halogens is 1. The zero-order chi connectivity index (χ0) is 20.0. The molecule has 4 aromatic rings. The summed E-state index contributed by atoms with van der Waals surface area (Å²) in [5.74, 6) is 0.214. The Balaban J connectivity index is 0.00000218. The van der Waals surface area contributed by atoms with Crippen LogP contribution >= 0.6 is 23.9 Å². The third kappa shape index (κ3) is 3.82. The number of aryl methyl sites for hydroxylation is 2. The van der Waals surface area contributed by atoms with Gasteiger partial charge in [-0.15, -0.1) is 12.4 Å². The molecular formula is C22H22ClN5OS. The highest BCUT2D eigenvalue weighted by Gasteiger charge is 2.31. The highest BCUT2D eigenvalue weighted by atomic mass is 35.5. The van der Waals surface area contributed by atoms with E-state index in [0.717, 1.165) is 63.4 Å². The number of benzene rings is 1. The molecule has 5 rings (SSSR count). The summed E-state index contributed by atoms with van der Waals surface area (Å²) < 4.78 is 6.53. The fourth-order valence-corrected chi connectivity index (χ4v) is 4.30. The van der Waals surface area contributed by atoms with E-state index in [1.165, 1.54) is 11.5 Å². The average Bonchev–Trinajstić information content (AvgIpc) is 3.40. The summed E-state index contributed by atoms with van der Waals surface area (Å²) in [4.78, 5) is 17.3. The van der Waals surface area contributed by atoms with Crippen molar-refractivity contribution in [1.29, 1.82) is 0 Å². The van der Waals surface area contributed by atoms with Crippen molar-refractivity contribution in [3.63, 3.8) is 0 Å². The van der Waals surface area contributed by atoms with Gasteiger partial charge in [0.2, 0.25) is 5.91 Å². The minimum Gasteiger partial charge on any atom is -0.316 e. The highest BCUT2D eigenvalue weighted by Crippen LogP contribution is 2.41. The normalized spacial score (nSPS) is 13.3. The van der Waals surface area contributed by atoms with Crippen molar-refractivity contribution in [3.8, 4) is 22.5 Å². The van der Waals surface area contributed by atoms with Gasteiger partial charge >= 0.3 is 0 Å². The predicted octanol–water partition coefficient (Wildman–Crippen LogP) is 5.09. The Hall–Kier alpha value is -2.77. The van der Waals surface area contributed by atoms with Gasteiger partial charge in [-0.3, -0.25) is 14.5 Å². The molecule has 1 N–H and O–H groups in total. The topological polar surface area (TPSA) is 72.7 Å². The number of fused-ring (bicyclic) bond motifs is 1. The van der Waals surface area contributed by atoms with Crippen LogP contribution in [0.3, 0.4) is 0 Å². The SMILES string of the molecule is CCc1cccc(-c2c(-c3ccc4nn(C)cc4c3)nsc2NC(=O)C2CC2)n1.Cl. The summed E-state index contributed by atoms with van der Waals surface area (Å²) >= 11 is 1.32. The maximum Gasteiger partial charge on any atom is 0.228 e. The van der Waals surface area contributed by atoms with Crippen molar-refractivity contribution in [1.82, 2.24) is 19.1 Å². The molecular weight excluding hydrogens is 418 g/mol. The maximum absolute atomic E-state index is 12.4. The first-order chi connectivity index (χ1) is 14.1. The number of hydrogen-bond donors (Lipinski definition) is 1. The van der Waals surface area contributed by atoms with Crippen LogP contribution in [0.5, 0.6) is 0 Å². The minimum atomic E-state index is 0. The Bertz CT molecular complexity index is 1230. The van der Waals surface area contributed by atoms with Gasteiger partial charge < -0.3 is 5.32 Å². The first kappa shape index (κ1) is 20.5. The number of hydrogen-bond acceptors (Lipinski definition) is 5. The fourth-order valence-electron chi connectivity index (χ4n) is 3.48. The third-order valence-electron chi connectivity index (χ3n) is 5.19. The molecule has 0 spiro atoms. The summed E-state index contributed by atoms with van der Waals surface area (Å²) in [5.41, 5.74) is 5.52. The molecule has 1 aromatic carbocycles. The molecule has 3 aromatic heterocycles. The molecule has 0 saturated heterocycles. The van der Waals surface area contributed by atoms with Gasteiger partial charge in [-0.1, -0.05) is 19.1 Å². The van der Waals surface area contributed by atoms with E-state index in [-0.39, 0.29) is 24.2 Å². The Morgan fingerprint density at radius 1 is 1.27 bits per heavy atom. The zero-order valence-electron chi connectivity index (χ0n) is 16.8. The summed E-state index contributed by atoms with van der Waals surface area (Å²) in [6, 6.07) is 12.2. The van der Waals surface area contributed by atoms with E-state index in [9.17, 15) is 4.79 Å². The van der Waals surface area contributed by atoms with Crippen LogP contribution in [-0.4, -0.2) is 25.0 Å². The summed E-state index contributed by atoms with van der Waals surface area (Å²) in [6.07, 6.45) is 4.78. The number of carbonyl (C=O) groups is 1. The zero-order valence-corrected chi connectivity index (χ0v) is 18.4. The molecule has 8 heteroatoms. The minimum absolute atomic E-state index is 0. The van der Waals surface area contributed by atoms with Gasteiger partial charge in [-0.25, -0.2) is 0 Å². The molecule has 1 amide bonds. The second kappa shape index (κ2) is 8.16. The number of aromatic nitrogens is 4. The van der Waals surface area contributed by atoms with Crippen LogP contribution in [0.1, 0.15) is 25.5 Å². The van der Waals surface area contributed by atoms with E-state index >= 15 is 0 Å². The smallest absolute Gasteiger partial charge is 0.228 e. The standard InChI is InChI=1S/C22H21N5OS.ClH/c1-3-16-5-4-6-18(23-16)19-20(26-29-22(19)24-21(28)13-7-8-13)14-9-10-17-15(11-14)12-27(2)25-17;/h4-6,9-13H,3,7-8H2,1-2H3,(H,24,28);1H. The number of carbonyl (C=O) groups excluding carboxylic acids is 1. The lowest BCUT2D eigenvalue weighted by atomic mass is 10.0. The monoisotopic (exact) mass is 439 g/mol. The predicted molar refractivity (Wildman–Crippen MR) is 123 cm³/mol. The molecule has 0 radical (unpaired) electrons. The molecule has 1 fully saturated rings. The maximum atomic E-state index is 12.4. The third-order valence-corrected chi connectivity index (χ3v) is 5.96. The van der Waals surface area contributed by atoms with E-state index < -0.39 is 0 Å². The van der Waals surface area contributed by atoms with Crippen molar-refractivity contribution in [2.24, 2.45) is 13.0 Å². The lowest BCUT2D eigenvalue weighted by Crippen LogP contribution is -2.13. The van der Waals surface area contributed by atoms with Gasteiger partial charge in [0.25, 0.3) is 0 Å². The van der Waals surface area contributed by atoms with Crippen molar-refractivity contribution >= 4 is 45.8 Å². The number of rotatable bonds is 5. The molecule has 154 valence electrons. The van der Waals surface area contributed by atoms with Crippen LogP contribution in [0.25, 0.3) is 33.4 Å². The summed E-state index contributed by atoms with van der Waals surface area (Å²) in [5, 5.41) is 9.38. The molecule has 0 atom stereocenters. The number of anilines is 1. The molecule has 30 heavy (non-hydrogen) atoms. The Kier molecular flexibility index (Phi) is 5.58. The van der Waals surface area contributed by atoms with E-state index in [0.29, 0.717) is 0 Å². The molecule has 0 unspecified atom stereocenters. The van der Waals surface area contributed by atoms with E-state index in [1.54, 1.807) is 0 Å². The van der Waals surface area contributed by atoms with Crippen molar-refractivity contribution in [3.05, 3.63) is 48.3 Å². The summed E-state index contributed by atoms with van der Waals surface area (Å²) in [7, 11) is 1.92. The van der Waals surface area contributed by atoms with E-state index in [4.69, 9.17) is 9.36 Å². The van der Waals surface area contributed by atoms with Gasteiger partial charge in [0.05, 0.1) is 22.5 Å². The molecule has 1 aliphatic carbocycles. The largest absolute Gasteiger partial charge is 0.316 e. The molecule has 6 nitrogen and oxygen atoms in total. The van der Waals surface area contributed by atoms with Gasteiger partial charge in [0.15, 0.2) is 0 Å². The lowest BCUT2D eigenvalue weighted by Gasteiger charge is -2.09. The van der Waals surface area contributed by atoms with E-state index in [2.05, 4.69) is 23.4 Å². The number of nitrogens with zero attached hydrogens (tertiary/aromatic N) is 4. The Morgan fingerprint density at radius 3 is 2.87 bits per heavy atom. The first-order valence-electron chi connectivity index (χ1n) is 9.83. The van der Waals surface area contributed by atoms with Gasteiger partial charge in [-0.2, -0.15) is 9.47 Å². The van der Waals surface area contributed by atoms with Crippen LogP contribution in [-0.2, 0) is 18.3 Å². The van der Waals surface area contributed by atoms with Crippen LogP contribution < -0.4 is 5.32 Å². The Labute approximate surface area is 184 Å². The highest BCUT2D eigenvalue weighted by molar-refractivity contribution is 7.11. The average molecular weight is 440 g/mol. The molecule has 3 heterocycles. The second-order valence-corrected chi connectivity index (χ2v) is 8.22. The van der Waals surface area contributed by atoms with Crippen LogP contribution in [0, 0.1) is 5.92 Å². The van der Waals surface area contributed by atoms with Gasteiger partial charge in [0.1, 0.15) is 5.00 Å². The van der Waals surface area contributed by atoms with Crippen LogP contribution in [0.2, 0.25) is 0 Å². The quantitative estimate of drug-likeness (QED) is 0.470. The number of nitrogens with one attached hydrogen (secondary N) is 1. The van der Waals surface area contributed by atoms with Gasteiger partial charge in [-0.05, 0) is 55.1 Å². The summed E-state index contributed by atoms with van der Waals surface area (Å²) in [6.45, 7) is 2.09. The lowest BCUT2D eigenvalue weighted by molar-refractivity contribution is -0.117. The van der Waals surface area contributed by atoms with Crippen LogP contribution in [0.15, 0.2) is 42.6 Å². The van der Waals surface area contributed by atoms with Crippen molar-refractivity contribution in [2.75, 3.05) is 5.32 Å². The molecule has 0 bridgehead atoms. The first-order valence-corrected chi connectivity index (χ1v) is 10.6. The molecule has 1 aliphatic rings. The van der Waals surface area contributed by atoms with Crippen molar-refractivity contribution < 1.29 is 4.79 Å². The Morgan fingerprint density at radius 2 is 2.10 bits per heavy atom.